The van der Waals surface area contributed by atoms with Crippen LogP contribution >= 0.6 is 0 Å². The molecule has 0 saturated carbocycles. The van der Waals surface area contributed by atoms with E-state index in [1.165, 1.54) is 0 Å². The lowest BCUT2D eigenvalue weighted by atomic mass is 10.1. The lowest BCUT2D eigenvalue weighted by molar-refractivity contribution is -0.145. The number of primary amides is 2. The zero-order valence-electron chi connectivity index (χ0n) is 15.0. The molecule has 4 unspecified atom stereocenters. The highest BCUT2D eigenvalue weighted by atomic mass is 16.4. The molecule has 0 aliphatic carbocycles. The largest absolute Gasteiger partial charge is 0.480 e. The van der Waals surface area contributed by atoms with Crippen molar-refractivity contribution in [3.05, 3.63) is 0 Å². The molecule has 0 aromatic heterocycles. The maximum absolute atomic E-state index is 12.1. The summed E-state index contributed by atoms with van der Waals surface area (Å²) >= 11 is 0. The molecule has 0 fully saturated rings. The Kier molecular flexibility index (Phi) is 10.1. The Hall–Kier alpha value is -3.26. The van der Waals surface area contributed by atoms with Crippen molar-refractivity contribution in [2.24, 2.45) is 17.2 Å². The first-order valence-corrected chi connectivity index (χ1v) is 7.95. The summed E-state index contributed by atoms with van der Waals surface area (Å²) in [5.41, 5.74) is 15.3. The Morgan fingerprint density at radius 1 is 0.929 bits per heavy atom. The molecular weight excluding hydrogens is 380 g/mol. The quantitative estimate of drug-likeness (QED) is 0.154. The van der Waals surface area contributed by atoms with Gasteiger partial charge in [-0.05, 0) is 6.92 Å². The van der Waals surface area contributed by atoms with E-state index in [1.54, 1.807) is 0 Å². The van der Waals surface area contributed by atoms with E-state index in [0.29, 0.717) is 0 Å². The number of carbonyl (C=O) groups is 6. The second-order valence-corrected chi connectivity index (χ2v) is 5.85. The molecule has 0 aromatic carbocycles. The van der Waals surface area contributed by atoms with Crippen molar-refractivity contribution < 1.29 is 39.0 Å². The molecule has 0 radical (unpaired) electrons. The molecule has 5 amide bonds. The highest BCUT2D eigenvalue weighted by Crippen LogP contribution is 1.98. The predicted octanol–water partition coefficient (Wildman–Crippen LogP) is -5.38. The molecular formula is C14H24N6O8. The van der Waals surface area contributed by atoms with Gasteiger partial charge in [0.25, 0.3) is 0 Å². The van der Waals surface area contributed by atoms with E-state index in [2.05, 4.69) is 10.6 Å². The number of aliphatic carboxylic acids is 1. The lowest BCUT2D eigenvalue weighted by Crippen LogP contribution is -2.56. The smallest absolute Gasteiger partial charge is 0.328 e. The minimum atomic E-state index is -1.69. The molecule has 0 aliphatic rings. The maximum atomic E-state index is 12.1. The molecule has 0 spiro atoms. The van der Waals surface area contributed by atoms with Crippen LogP contribution in [-0.4, -0.2) is 76.5 Å². The number of carboxylic acid groups (broad SMARTS) is 1. The Balaban J connectivity index is 4.90. The van der Waals surface area contributed by atoms with Gasteiger partial charge in [0.05, 0.1) is 31.5 Å². The number of rotatable bonds is 12. The third-order valence-electron chi connectivity index (χ3n) is 3.28. The van der Waals surface area contributed by atoms with Gasteiger partial charge in [0.1, 0.15) is 6.04 Å². The SMILES string of the molecule is CC(O)C(NC(=O)C(CC(N)=O)NC(=O)CNC(=O)C(N)CC(N)=O)C(=O)O. The summed E-state index contributed by atoms with van der Waals surface area (Å²) in [5, 5.41) is 24.5. The molecule has 0 aliphatic heterocycles. The fraction of sp³-hybridized carbons (Fsp3) is 0.571. The van der Waals surface area contributed by atoms with Crippen molar-refractivity contribution in [2.45, 2.75) is 44.0 Å². The van der Waals surface area contributed by atoms with E-state index in [-0.39, 0.29) is 0 Å². The van der Waals surface area contributed by atoms with Crippen LogP contribution in [0, 0.1) is 0 Å². The number of nitrogens with two attached hydrogens (primary N) is 3. The maximum Gasteiger partial charge on any atom is 0.328 e. The minimum Gasteiger partial charge on any atom is -0.480 e. The van der Waals surface area contributed by atoms with Crippen LogP contribution in [0.1, 0.15) is 19.8 Å². The van der Waals surface area contributed by atoms with Crippen LogP contribution in [0.2, 0.25) is 0 Å². The van der Waals surface area contributed by atoms with Crippen LogP contribution in [0.5, 0.6) is 0 Å². The van der Waals surface area contributed by atoms with Crippen LogP contribution < -0.4 is 33.2 Å². The van der Waals surface area contributed by atoms with E-state index in [9.17, 15) is 33.9 Å². The van der Waals surface area contributed by atoms with E-state index < -0.39 is 79.1 Å². The van der Waals surface area contributed by atoms with Crippen LogP contribution in [0.3, 0.4) is 0 Å². The zero-order chi connectivity index (χ0) is 22.0. The normalized spacial score (nSPS) is 14.7. The molecule has 4 atom stereocenters. The first kappa shape index (κ1) is 24.7. The van der Waals surface area contributed by atoms with Gasteiger partial charge in [-0.3, -0.25) is 24.0 Å². The van der Waals surface area contributed by atoms with E-state index in [0.717, 1.165) is 6.92 Å². The molecule has 0 rings (SSSR count). The summed E-state index contributed by atoms with van der Waals surface area (Å²) in [6.07, 6.45) is -2.58. The highest BCUT2D eigenvalue weighted by molar-refractivity contribution is 5.95. The van der Waals surface area contributed by atoms with Gasteiger partial charge in [-0.1, -0.05) is 0 Å². The summed E-state index contributed by atoms with van der Waals surface area (Å²) in [4.78, 5) is 68.4. The van der Waals surface area contributed by atoms with Gasteiger partial charge in [-0.15, -0.1) is 0 Å². The average Bonchev–Trinajstić information content (AvgIpc) is 2.54. The minimum absolute atomic E-state index is 0.448. The third kappa shape index (κ3) is 9.44. The van der Waals surface area contributed by atoms with Crippen LogP contribution in [0.4, 0.5) is 0 Å². The number of carboxylic acids is 1. The molecule has 28 heavy (non-hydrogen) atoms. The van der Waals surface area contributed by atoms with Crippen LogP contribution in [0.15, 0.2) is 0 Å². The molecule has 0 bridgehead atoms. The fourth-order valence-electron chi connectivity index (χ4n) is 1.91. The Bertz CT molecular complexity index is 637. The van der Waals surface area contributed by atoms with Crippen molar-refractivity contribution in [3.8, 4) is 0 Å². The molecule has 0 heterocycles. The summed E-state index contributed by atoms with van der Waals surface area (Å²) < 4.78 is 0. The summed E-state index contributed by atoms with van der Waals surface area (Å²) in [7, 11) is 0. The van der Waals surface area contributed by atoms with Gasteiger partial charge in [0.15, 0.2) is 6.04 Å². The Morgan fingerprint density at radius 3 is 1.89 bits per heavy atom. The summed E-state index contributed by atoms with van der Waals surface area (Å²) in [5.74, 6) is -6.21. The molecule has 0 aromatic rings. The van der Waals surface area contributed by atoms with Gasteiger partial charge in [0, 0.05) is 0 Å². The van der Waals surface area contributed by atoms with Gasteiger partial charge >= 0.3 is 5.97 Å². The van der Waals surface area contributed by atoms with E-state index >= 15 is 0 Å². The summed E-state index contributed by atoms with van der Waals surface area (Å²) in [6, 6.07) is -4.52. The van der Waals surface area contributed by atoms with Crippen LogP contribution in [-0.2, 0) is 28.8 Å². The number of carbonyl (C=O) groups excluding carboxylic acids is 5. The van der Waals surface area contributed by atoms with Crippen molar-refractivity contribution >= 4 is 35.5 Å². The van der Waals surface area contributed by atoms with Crippen molar-refractivity contribution in [2.75, 3.05) is 6.54 Å². The number of aliphatic hydroxyl groups excluding tert-OH is 1. The fourth-order valence-corrected chi connectivity index (χ4v) is 1.91. The van der Waals surface area contributed by atoms with Crippen molar-refractivity contribution in [3.63, 3.8) is 0 Å². The first-order chi connectivity index (χ1) is 12.8. The number of hydrogen-bond acceptors (Lipinski definition) is 8. The topological polar surface area (TPSA) is 257 Å². The zero-order valence-corrected chi connectivity index (χ0v) is 15.0. The molecule has 0 saturated heterocycles. The Labute approximate surface area is 159 Å². The molecule has 14 heteroatoms. The number of hydrogen-bond donors (Lipinski definition) is 8. The lowest BCUT2D eigenvalue weighted by Gasteiger charge is -2.22. The average molecular weight is 404 g/mol. The number of nitrogens with one attached hydrogen (secondary N) is 3. The van der Waals surface area contributed by atoms with Crippen molar-refractivity contribution in [1.82, 2.24) is 16.0 Å². The first-order valence-electron chi connectivity index (χ1n) is 7.95. The second-order valence-electron chi connectivity index (χ2n) is 5.85. The van der Waals surface area contributed by atoms with Gasteiger partial charge in [-0.2, -0.15) is 0 Å². The van der Waals surface area contributed by atoms with Crippen molar-refractivity contribution in [1.29, 1.82) is 0 Å². The molecule has 14 nitrogen and oxygen atoms in total. The second kappa shape index (κ2) is 11.5. The predicted molar refractivity (Wildman–Crippen MR) is 91.8 cm³/mol. The van der Waals surface area contributed by atoms with Gasteiger partial charge in [0.2, 0.25) is 29.5 Å². The summed E-state index contributed by atoms with van der Waals surface area (Å²) in [6.45, 7) is 0.457. The molecule has 158 valence electrons. The van der Waals surface area contributed by atoms with E-state index in [4.69, 9.17) is 22.3 Å². The van der Waals surface area contributed by atoms with E-state index in [1.807, 2.05) is 5.32 Å². The monoisotopic (exact) mass is 404 g/mol. The third-order valence-corrected chi connectivity index (χ3v) is 3.28. The number of aliphatic hydroxyl groups is 1. The van der Waals surface area contributed by atoms with Crippen LogP contribution in [0.25, 0.3) is 0 Å². The van der Waals surface area contributed by atoms with Gasteiger partial charge < -0.3 is 43.4 Å². The highest BCUT2D eigenvalue weighted by Gasteiger charge is 2.30. The Morgan fingerprint density at radius 2 is 1.46 bits per heavy atom. The van der Waals surface area contributed by atoms with Gasteiger partial charge in [-0.25, -0.2) is 4.79 Å². The standard InChI is InChI=1S/C14H24N6O8/c1-5(21)11(14(27)28)20-13(26)7(3-9(17)23)19-10(24)4-18-12(25)6(15)2-8(16)22/h5-7,11,21H,2-4,15H2,1H3,(H2,16,22)(H2,17,23)(H,18,25)(H,19,24)(H,20,26)(H,27,28). The number of amides is 5. The molecule has 11 N–H and O–H groups in total.